The van der Waals surface area contributed by atoms with Gasteiger partial charge in [-0.2, -0.15) is 0 Å². The number of carbonyl (C=O) groups excluding carboxylic acids is 1. The molecule has 2 aromatic rings. The lowest BCUT2D eigenvalue weighted by atomic mass is 9.81. The first-order valence-corrected chi connectivity index (χ1v) is 11.7. The van der Waals surface area contributed by atoms with Crippen LogP contribution in [0, 0.1) is 6.92 Å². The highest BCUT2D eigenvalue weighted by atomic mass is 16.5. The van der Waals surface area contributed by atoms with Gasteiger partial charge < -0.3 is 24.7 Å². The molecule has 0 unspecified atom stereocenters. The molecule has 2 fully saturated rings. The van der Waals surface area contributed by atoms with E-state index in [1.54, 1.807) is 0 Å². The number of rotatable bonds is 4. The van der Waals surface area contributed by atoms with Crippen molar-refractivity contribution in [1.29, 1.82) is 0 Å². The van der Waals surface area contributed by atoms with Crippen LogP contribution in [-0.2, 0) is 4.79 Å². The van der Waals surface area contributed by atoms with E-state index in [1.807, 2.05) is 54.3 Å². The van der Waals surface area contributed by atoms with Gasteiger partial charge in [0, 0.05) is 50.3 Å². The molecular formula is C26H32N2O4. The third-order valence-electron chi connectivity index (χ3n) is 7.28. The number of aliphatic hydroxyl groups is 2. The first-order valence-electron chi connectivity index (χ1n) is 11.7. The van der Waals surface area contributed by atoms with Gasteiger partial charge in [0.25, 0.3) is 0 Å². The maximum Gasteiger partial charge on any atom is 0.227 e. The van der Waals surface area contributed by atoms with Crippen molar-refractivity contribution in [1.82, 2.24) is 4.90 Å². The van der Waals surface area contributed by atoms with Crippen molar-refractivity contribution in [3.05, 3.63) is 59.2 Å². The number of piperidine rings is 1. The lowest BCUT2D eigenvalue weighted by Crippen LogP contribution is -2.51. The summed E-state index contributed by atoms with van der Waals surface area (Å²) < 4.78 is 6.41. The topological polar surface area (TPSA) is 73.2 Å². The predicted molar refractivity (Wildman–Crippen MR) is 123 cm³/mol. The van der Waals surface area contributed by atoms with Crippen LogP contribution >= 0.6 is 0 Å². The minimum absolute atomic E-state index is 0.174. The molecule has 0 bridgehead atoms. The summed E-state index contributed by atoms with van der Waals surface area (Å²) in [5.74, 6) is 0.979. The molecule has 0 aliphatic carbocycles. The molecule has 5 rings (SSSR count). The highest BCUT2D eigenvalue weighted by Gasteiger charge is 2.43. The van der Waals surface area contributed by atoms with E-state index in [4.69, 9.17) is 4.74 Å². The molecule has 6 nitrogen and oxygen atoms in total. The average molecular weight is 437 g/mol. The minimum Gasteiger partial charge on any atom is -0.487 e. The Labute approximate surface area is 189 Å². The second-order valence-electron chi connectivity index (χ2n) is 9.60. The third kappa shape index (κ3) is 4.15. The van der Waals surface area contributed by atoms with Gasteiger partial charge in [-0.25, -0.2) is 0 Å². The Bertz CT molecular complexity index is 982. The van der Waals surface area contributed by atoms with E-state index in [2.05, 4.69) is 4.90 Å². The molecule has 6 heteroatoms. The Kier molecular flexibility index (Phi) is 5.70. The van der Waals surface area contributed by atoms with Crippen LogP contribution in [0.25, 0.3) is 0 Å². The van der Waals surface area contributed by atoms with E-state index < -0.39 is 12.2 Å². The van der Waals surface area contributed by atoms with Crippen molar-refractivity contribution in [2.75, 3.05) is 31.1 Å². The van der Waals surface area contributed by atoms with Crippen molar-refractivity contribution >= 4 is 11.6 Å². The number of aryl methyl sites for hydroxylation is 1. The fraction of sp³-hybridized carbons (Fsp3) is 0.500. The van der Waals surface area contributed by atoms with Crippen LogP contribution in [0.15, 0.2) is 42.5 Å². The molecule has 3 aliphatic rings. The van der Waals surface area contributed by atoms with Crippen LogP contribution in [0.1, 0.15) is 61.0 Å². The molecule has 0 saturated carbocycles. The van der Waals surface area contributed by atoms with E-state index in [0.717, 1.165) is 67.0 Å². The molecule has 1 spiro atoms. The molecule has 2 atom stereocenters. The number of fused-ring (bicyclic) bond motifs is 1. The van der Waals surface area contributed by atoms with Gasteiger partial charge in [0.15, 0.2) is 0 Å². The van der Waals surface area contributed by atoms with Gasteiger partial charge in [0.1, 0.15) is 11.4 Å². The summed E-state index contributed by atoms with van der Waals surface area (Å²) >= 11 is 0. The summed E-state index contributed by atoms with van der Waals surface area (Å²) in [5.41, 5.74) is 3.48. The summed E-state index contributed by atoms with van der Waals surface area (Å²) in [4.78, 5) is 16.0. The van der Waals surface area contributed by atoms with Gasteiger partial charge in [-0.15, -0.1) is 0 Å². The Morgan fingerprint density at radius 3 is 2.56 bits per heavy atom. The third-order valence-corrected chi connectivity index (χ3v) is 7.28. The van der Waals surface area contributed by atoms with Gasteiger partial charge in [-0.3, -0.25) is 4.79 Å². The summed E-state index contributed by atoms with van der Waals surface area (Å²) in [6, 6.07) is 13.7. The first-order chi connectivity index (χ1) is 15.4. The first kappa shape index (κ1) is 21.4. The van der Waals surface area contributed by atoms with Crippen molar-refractivity contribution < 1.29 is 19.7 Å². The number of nitrogens with zero attached hydrogens (tertiary/aromatic N) is 2. The van der Waals surface area contributed by atoms with E-state index in [1.165, 1.54) is 0 Å². The lowest BCUT2D eigenvalue weighted by Gasteiger charge is -2.46. The van der Waals surface area contributed by atoms with Crippen LogP contribution in [-0.4, -0.2) is 52.8 Å². The molecule has 3 aliphatic heterocycles. The highest BCUT2D eigenvalue weighted by Crippen LogP contribution is 2.44. The summed E-state index contributed by atoms with van der Waals surface area (Å²) in [6.45, 7) is 5.02. The number of aliphatic hydroxyl groups excluding tert-OH is 2. The zero-order valence-electron chi connectivity index (χ0n) is 18.7. The normalized spacial score (nSPS) is 23.8. The van der Waals surface area contributed by atoms with Gasteiger partial charge in [-0.1, -0.05) is 23.8 Å². The van der Waals surface area contributed by atoms with Crippen LogP contribution in [0.4, 0.5) is 5.69 Å². The Balaban J connectivity index is 1.18. The smallest absolute Gasteiger partial charge is 0.227 e. The number of likely N-dealkylation sites (tertiary alicyclic amines) is 1. The van der Waals surface area contributed by atoms with E-state index in [-0.39, 0.29) is 11.5 Å². The van der Waals surface area contributed by atoms with E-state index >= 15 is 0 Å². The molecule has 0 aromatic heterocycles. The van der Waals surface area contributed by atoms with Gasteiger partial charge in [0.2, 0.25) is 5.91 Å². The molecule has 2 N–H and O–H groups in total. The van der Waals surface area contributed by atoms with Gasteiger partial charge in [-0.05, 0) is 56.0 Å². The minimum atomic E-state index is -0.575. The highest BCUT2D eigenvalue weighted by molar-refractivity contribution is 5.95. The number of ether oxygens (including phenoxy) is 1. The predicted octanol–water partition coefficient (Wildman–Crippen LogP) is 3.51. The zero-order chi connectivity index (χ0) is 22.3. The molecule has 1 amide bonds. The number of benzene rings is 2. The van der Waals surface area contributed by atoms with Crippen molar-refractivity contribution in [3.8, 4) is 5.75 Å². The maximum absolute atomic E-state index is 11.9. The second kappa shape index (κ2) is 8.50. The summed E-state index contributed by atoms with van der Waals surface area (Å²) in [6.07, 6.45) is 2.75. The second-order valence-corrected chi connectivity index (χ2v) is 9.60. The molecule has 2 aromatic carbocycles. The fourth-order valence-electron chi connectivity index (χ4n) is 5.36. The quantitative estimate of drug-likeness (QED) is 0.767. The number of hydrogen-bond donors (Lipinski definition) is 2. The van der Waals surface area contributed by atoms with Crippen molar-refractivity contribution in [2.24, 2.45) is 0 Å². The van der Waals surface area contributed by atoms with Crippen LogP contribution < -0.4 is 9.64 Å². The zero-order valence-corrected chi connectivity index (χ0v) is 18.7. The average Bonchev–Trinajstić information content (AvgIpc) is 3.22. The Morgan fingerprint density at radius 2 is 1.88 bits per heavy atom. The van der Waals surface area contributed by atoms with Crippen LogP contribution in [0.3, 0.4) is 0 Å². The monoisotopic (exact) mass is 436 g/mol. The fourth-order valence-corrected chi connectivity index (χ4v) is 5.36. The molecule has 2 saturated heterocycles. The van der Waals surface area contributed by atoms with E-state index in [9.17, 15) is 15.0 Å². The molecule has 0 radical (unpaired) electrons. The molecule has 3 heterocycles. The van der Waals surface area contributed by atoms with Crippen molar-refractivity contribution in [3.63, 3.8) is 0 Å². The number of anilines is 1. The number of hydrogen-bond acceptors (Lipinski definition) is 5. The van der Waals surface area contributed by atoms with Crippen LogP contribution in [0.5, 0.6) is 5.75 Å². The molecule has 170 valence electrons. The van der Waals surface area contributed by atoms with Crippen LogP contribution in [0.2, 0.25) is 0 Å². The number of amides is 1. The Morgan fingerprint density at radius 1 is 1.12 bits per heavy atom. The molecule has 32 heavy (non-hydrogen) atoms. The number of carbonyl (C=O) groups is 1. The number of β-amino-alcohol motifs (C(OH)–C–C–N with tert-alkyl or cyclic N) is 1. The largest absolute Gasteiger partial charge is 0.487 e. The maximum atomic E-state index is 11.9. The summed E-state index contributed by atoms with van der Waals surface area (Å²) in [7, 11) is 0. The van der Waals surface area contributed by atoms with Gasteiger partial charge >= 0.3 is 0 Å². The lowest BCUT2D eigenvalue weighted by molar-refractivity contribution is -0.117. The standard InChI is InChI=1S/C26H32N2O4/c1-18-4-9-24-21(15-18)22(29)16-26(32-24)10-13-27(14-11-26)17-23(30)19-5-7-20(8-6-19)28-12-2-3-25(28)31/h4-9,15,22-23,29-30H,2-3,10-14,16-17H2,1H3/t22-,23+/m1/s1. The van der Waals surface area contributed by atoms with Crippen molar-refractivity contribution in [2.45, 2.75) is 56.8 Å². The molecular weight excluding hydrogens is 404 g/mol. The van der Waals surface area contributed by atoms with Gasteiger partial charge in [0.05, 0.1) is 12.2 Å². The van der Waals surface area contributed by atoms with E-state index in [0.29, 0.717) is 19.4 Å². The Hall–Kier alpha value is -2.41. The summed E-state index contributed by atoms with van der Waals surface area (Å²) in [5, 5.41) is 21.5. The SMILES string of the molecule is Cc1ccc2c(c1)[C@H](O)CC1(CCN(C[C@H](O)c3ccc(N4CCCC4=O)cc3)CC1)O2.